The summed E-state index contributed by atoms with van der Waals surface area (Å²) < 4.78 is 13.8. The van der Waals surface area contributed by atoms with Crippen molar-refractivity contribution in [3.05, 3.63) is 341 Å². The van der Waals surface area contributed by atoms with Crippen molar-refractivity contribution in [3.63, 3.8) is 0 Å². The van der Waals surface area contributed by atoms with Crippen LogP contribution in [0.15, 0.2) is 330 Å². The van der Waals surface area contributed by atoms with Gasteiger partial charge in [-0.1, -0.05) is 141 Å². The van der Waals surface area contributed by atoms with Crippen molar-refractivity contribution < 1.29 is 27.5 Å². The van der Waals surface area contributed by atoms with E-state index in [1.165, 1.54) is 68.1 Å². The van der Waals surface area contributed by atoms with Gasteiger partial charge in [0.15, 0.2) is 25.3 Å². The molecule has 3 aliphatic rings. The maximum absolute atomic E-state index is 3.86. The third-order valence-corrected chi connectivity index (χ3v) is 21.4. The van der Waals surface area contributed by atoms with Gasteiger partial charge in [0.1, 0.15) is 40.8 Å². The first-order valence-corrected chi connectivity index (χ1v) is 42.4. The summed E-state index contributed by atoms with van der Waals surface area (Å²) >= 11 is 0. The second kappa shape index (κ2) is 45.5. The Hall–Kier alpha value is -12.0. The van der Waals surface area contributed by atoms with Crippen molar-refractivity contribution in [1.82, 2.24) is 0 Å². The summed E-state index contributed by atoms with van der Waals surface area (Å²) in [6, 6.07) is 74.1. The molecular formula is C106H134N12+6. The lowest BCUT2D eigenvalue weighted by Crippen LogP contribution is -2.31. The van der Waals surface area contributed by atoms with Gasteiger partial charge in [0.2, 0.25) is 45.6 Å². The zero-order chi connectivity index (χ0) is 84.6. The topological polar surface area (TPSA) is 37.5 Å². The molecule has 0 aliphatic heterocycles. The quantitative estimate of drug-likeness (QED) is 0.0227. The molecule has 0 amide bonds. The number of benzene rings is 8. The van der Waals surface area contributed by atoms with Crippen molar-refractivity contribution >= 4 is 103 Å². The molecule has 11 rings (SSSR count). The van der Waals surface area contributed by atoms with Gasteiger partial charge in [-0.3, -0.25) is 0 Å². The second-order valence-corrected chi connectivity index (χ2v) is 32.4. The van der Waals surface area contributed by atoms with E-state index >= 15 is 0 Å². The Morgan fingerprint density at radius 3 is 0.873 bits per heavy atom. The molecule has 0 N–H and O–H groups in total. The van der Waals surface area contributed by atoms with Gasteiger partial charge < -0.3 is 29.4 Å². The largest absolute Gasteiger partial charge is 0.371 e. The van der Waals surface area contributed by atoms with Crippen molar-refractivity contribution in [1.29, 1.82) is 0 Å². The molecular weight excluding hydrogens is 1440 g/mol. The predicted molar refractivity (Wildman–Crippen MR) is 514 cm³/mol. The molecule has 0 radical (unpaired) electrons. The summed E-state index contributed by atoms with van der Waals surface area (Å²) in [5.41, 5.74) is 24.0. The summed E-state index contributed by atoms with van der Waals surface area (Å²) in [5.74, 6) is 2.56. The van der Waals surface area contributed by atoms with Crippen LogP contribution in [0.25, 0.3) is 0 Å². The molecule has 0 atom stereocenters. The van der Waals surface area contributed by atoms with E-state index in [-0.39, 0.29) is 0 Å². The zero-order valence-electron chi connectivity index (χ0n) is 73.9. The van der Waals surface area contributed by atoms with Crippen LogP contribution in [0.2, 0.25) is 0 Å². The fourth-order valence-corrected chi connectivity index (χ4v) is 14.8. The normalized spacial score (nSPS) is 12.6. The summed E-state index contributed by atoms with van der Waals surface area (Å²) in [4.78, 5) is 13.8. The molecule has 0 spiro atoms. The number of anilines is 9. The maximum Gasteiger partial charge on any atom is 0.205 e. The van der Waals surface area contributed by atoms with E-state index in [2.05, 4.69) is 474 Å². The van der Waals surface area contributed by atoms with Gasteiger partial charge in [0, 0.05) is 238 Å². The molecule has 118 heavy (non-hydrogen) atoms. The van der Waals surface area contributed by atoms with Crippen LogP contribution in [-0.2, 0) is 13.1 Å². The molecule has 3 aliphatic carbocycles. The molecule has 8 aromatic rings. The number of rotatable bonds is 34. The molecule has 0 aromatic heterocycles. The van der Waals surface area contributed by atoms with Gasteiger partial charge in [-0.15, -0.1) is 13.2 Å². The Bertz CT molecular complexity index is 4900. The highest BCUT2D eigenvalue weighted by molar-refractivity contribution is 6.17. The average Bonchev–Trinajstić information content (AvgIpc) is 0.828. The lowest BCUT2D eigenvalue weighted by atomic mass is 10.1. The Morgan fingerprint density at radius 1 is 0.297 bits per heavy atom. The monoisotopic (exact) mass is 1580 g/mol. The SMILES string of the molecule is C=CCN(CC=C)c1ccc(N(C)c2ccc([N+](C)=C3C=CC(=[N+](CC=C)CC=C)C=C3)cc2)cc1.CC(C)CN(CC(C)C)c1ccc(N(C)c2ccc([N+](C)=C3C=CC(=[N+](CC(C)C)CC(C)C)C=C3)cc2)cc1.CCN(Cc1ccccc1)c1ccc(N(C)c2ccc([N+](C)=C3C=CC(=[N+](CC)Cc4ccccc4)C=C3)cc2)cc1. The minimum Gasteiger partial charge on any atom is -0.371 e. The standard InChI is InChI=1S/C38H42N4.C36H54N4.C32H38N4/c1-5-41(29-31-13-9-7-10-14-31)37-25-21-35(22-26-37)39(3)33-17-19-34(20-18-33)40(4)36-23-27-38(28-24-36)42(6-2)30-32-15-11-8-12-16-32;1-27(2)23-39(24-28(3)4)35-19-15-33(16-20-35)37(9)31-11-13-32(14-12-31)38(10)34-17-21-36(22-18-34)40(25-29(5)6)26-30(7)8;1-7-23-35(24-8-2)31-19-15-29(16-20-31)33(5)27-11-13-28(14-12-27)34(6)30-17-21-32(22-18-30)36(25-9-3)26-10-4/h7-28H,5-6,29-30H2,1-4H3;11-22,27-30H,23-26H2,1-10H3;7-22H,1-4,23-26H2,5-6H3/q3*+2. The third kappa shape index (κ3) is 26.0. The molecule has 0 saturated heterocycles. The molecule has 0 saturated carbocycles. The van der Waals surface area contributed by atoms with Gasteiger partial charge in [-0.25, -0.2) is 13.7 Å². The zero-order valence-corrected chi connectivity index (χ0v) is 73.9. The van der Waals surface area contributed by atoms with Crippen LogP contribution >= 0.6 is 0 Å². The number of allylic oxidation sites excluding steroid dienone is 12. The summed E-state index contributed by atoms with van der Waals surface area (Å²) in [6.07, 6.45) is 34.2. The first-order valence-electron chi connectivity index (χ1n) is 42.4. The van der Waals surface area contributed by atoms with E-state index in [0.29, 0.717) is 23.7 Å². The van der Waals surface area contributed by atoms with Crippen LogP contribution in [-0.4, -0.2) is 169 Å². The molecule has 0 fully saturated rings. The van der Waals surface area contributed by atoms with Crippen molar-refractivity contribution in [2.24, 2.45) is 23.7 Å². The highest BCUT2D eigenvalue weighted by Crippen LogP contribution is 2.33. The third-order valence-electron chi connectivity index (χ3n) is 21.4. The summed E-state index contributed by atoms with van der Waals surface area (Å²) in [5, 5.41) is 0. The van der Waals surface area contributed by atoms with Crippen LogP contribution in [0.5, 0.6) is 0 Å². The minimum absolute atomic E-state index is 0.639. The number of nitrogens with zero attached hydrogens (tertiary/aromatic N) is 12. The lowest BCUT2D eigenvalue weighted by molar-refractivity contribution is -0.539. The van der Waals surface area contributed by atoms with Crippen molar-refractivity contribution in [2.75, 3.05) is 137 Å². The molecule has 8 aromatic carbocycles. The number of hydrogen-bond donors (Lipinski definition) is 0. The van der Waals surface area contributed by atoms with E-state index in [4.69, 9.17) is 0 Å². The molecule has 12 heteroatoms. The second-order valence-electron chi connectivity index (χ2n) is 32.4. The first kappa shape index (κ1) is 89.9. The Balaban J connectivity index is 0.000000202. The van der Waals surface area contributed by atoms with Gasteiger partial charge in [-0.05, 0) is 153 Å². The molecule has 12 nitrogen and oxygen atoms in total. The first-order chi connectivity index (χ1) is 57.0. The van der Waals surface area contributed by atoms with E-state index in [1.54, 1.807) is 0 Å². The van der Waals surface area contributed by atoms with Crippen molar-refractivity contribution in [2.45, 2.75) is 82.3 Å². The average molecular weight is 1580 g/mol. The molecule has 0 bridgehead atoms. The number of hydrogen-bond acceptors (Lipinski definition) is 6. The fourth-order valence-electron chi connectivity index (χ4n) is 14.8. The summed E-state index contributed by atoms with van der Waals surface area (Å²) in [6.45, 7) is 49.5. The van der Waals surface area contributed by atoms with Crippen LogP contribution in [0.1, 0.15) is 80.4 Å². The highest BCUT2D eigenvalue weighted by atomic mass is 15.2. The summed E-state index contributed by atoms with van der Waals surface area (Å²) in [7, 11) is 12.7. The van der Waals surface area contributed by atoms with Gasteiger partial charge >= 0.3 is 0 Å². The Kier molecular flexibility index (Phi) is 34.6. The van der Waals surface area contributed by atoms with Crippen LogP contribution in [0, 0.1) is 23.7 Å². The molecule has 0 heterocycles. The Morgan fingerprint density at radius 2 is 0.576 bits per heavy atom. The maximum atomic E-state index is 3.86. The van der Waals surface area contributed by atoms with Gasteiger partial charge in [-0.2, -0.15) is 13.7 Å². The fraction of sp³-hybridized carbons (Fsp3) is 0.302. The Labute approximate surface area is 709 Å². The van der Waals surface area contributed by atoms with Crippen LogP contribution < -0.4 is 29.4 Å². The lowest BCUT2D eigenvalue weighted by Gasteiger charge is -2.29. The van der Waals surface area contributed by atoms with E-state index < -0.39 is 0 Å². The van der Waals surface area contributed by atoms with E-state index in [0.717, 1.165) is 124 Å². The smallest absolute Gasteiger partial charge is 0.205 e. The molecule has 0 unspecified atom stereocenters. The van der Waals surface area contributed by atoms with E-state index in [1.807, 2.05) is 24.3 Å². The molecule has 612 valence electrons. The minimum atomic E-state index is 0.639. The highest BCUT2D eigenvalue weighted by Gasteiger charge is 2.23. The van der Waals surface area contributed by atoms with Gasteiger partial charge in [0.25, 0.3) is 0 Å². The van der Waals surface area contributed by atoms with E-state index in [9.17, 15) is 0 Å². The van der Waals surface area contributed by atoms with Gasteiger partial charge in [0.05, 0.1) is 0 Å². The van der Waals surface area contributed by atoms with Crippen molar-refractivity contribution in [3.8, 4) is 0 Å². The van der Waals surface area contributed by atoms with Crippen LogP contribution in [0.4, 0.5) is 68.2 Å². The predicted octanol–water partition coefficient (Wildman–Crippen LogP) is 22.5. The van der Waals surface area contributed by atoms with Crippen LogP contribution in [0.3, 0.4) is 0 Å².